The zero-order chi connectivity index (χ0) is 17.9. The molecule has 1 N–H and O–H groups in total. The second-order valence-electron chi connectivity index (χ2n) is 7.03. The predicted octanol–water partition coefficient (Wildman–Crippen LogP) is 4.22. The molecule has 2 aromatic carbocycles. The first kappa shape index (κ1) is 17.0. The Labute approximate surface area is 154 Å². The summed E-state index contributed by atoms with van der Waals surface area (Å²) in [4.78, 5) is 12.8. The molecule has 4 rings (SSSR count). The number of nitrogens with one attached hydrogen (secondary N) is 1. The van der Waals surface area contributed by atoms with Gasteiger partial charge >= 0.3 is 0 Å². The van der Waals surface area contributed by atoms with Crippen LogP contribution >= 0.6 is 0 Å². The second-order valence-corrected chi connectivity index (χ2v) is 7.03. The van der Waals surface area contributed by atoms with Gasteiger partial charge in [-0.15, -0.1) is 0 Å². The van der Waals surface area contributed by atoms with Gasteiger partial charge in [-0.25, -0.2) is 0 Å². The first-order valence-electron chi connectivity index (χ1n) is 9.57. The number of carbonyl (C=O) groups is 1. The highest BCUT2D eigenvalue weighted by molar-refractivity contribution is 5.95. The van der Waals surface area contributed by atoms with Crippen molar-refractivity contribution in [3.05, 3.63) is 58.7 Å². The molecule has 136 valence electrons. The molecule has 1 heterocycles. The number of hydrogen-bond donors (Lipinski definition) is 1. The van der Waals surface area contributed by atoms with Crippen LogP contribution < -0.4 is 14.8 Å². The van der Waals surface area contributed by atoms with E-state index in [1.54, 1.807) is 12.1 Å². The van der Waals surface area contributed by atoms with E-state index in [1.807, 2.05) is 6.07 Å². The molecule has 2 aliphatic rings. The predicted molar refractivity (Wildman–Crippen MR) is 101 cm³/mol. The van der Waals surface area contributed by atoms with Crippen LogP contribution in [-0.4, -0.2) is 19.1 Å². The third kappa shape index (κ3) is 3.41. The first-order chi connectivity index (χ1) is 12.7. The summed E-state index contributed by atoms with van der Waals surface area (Å²) in [5, 5.41) is 3.18. The van der Waals surface area contributed by atoms with Gasteiger partial charge in [-0.1, -0.05) is 25.1 Å². The summed E-state index contributed by atoms with van der Waals surface area (Å²) >= 11 is 0. The van der Waals surface area contributed by atoms with Gasteiger partial charge in [0.15, 0.2) is 11.5 Å². The minimum absolute atomic E-state index is 0.0166. The summed E-state index contributed by atoms with van der Waals surface area (Å²) < 4.78 is 11.1. The van der Waals surface area contributed by atoms with Crippen molar-refractivity contribution in [2.24, 2.45) is 0 Å². The van der Waals surface area contributed by atoms with E-state index in [-0.39, 0.29) is 11.9 Å². The highest BCUT2D eigenvalue weighted by Gasteiger charge is 2.19. The minimum atomic E-state index is -0.0773. The van der Waals surface area contributed by atoms with Gasteiger partial charge in [0.05, 0.1) is 6.04 Å². The van der Waals surface area contributed by atoms with E-state index >= 15 is 0 Å². The first-order valence-corrected chi connectivity index (χ1v) is 9.57. The molecule has 1 amide bonds. The summed E-state index contributed by atoms with van der Waals surface area (Å²) in [6.07, 6.45) is 5.72. The number of fused-ring (bicyclic) bond motifs is 2. The maximum Gasteiger partial charge on any atom is 0.251 e. The number of ether oxygens (including phenoxy) is 2. The molecule has 4 heteroatoms. The summed E-state index contributed by atoms with van der Waals surface area (Å²) in [5.74, 6) is 1.27. The summed E-state index contributed by atoms with van der Waals surface area (Å²) in [7, 11) is 0. The molecular weight excluding hydrogens is 326 g/mol. The highest BCUT2D eigenvalue weighted by Crippen LogP contribution is 2.31. The van der Waals surface area contributed by atoms with Crippen molar-refractivity contribution < 1.29 is 14.3 Å². The van der Waals surface area contributed by atoms with E-state index < -0.39 is 0 Å². The van der Waals surface area contributed by atoms with Gasteiger partial charge in [0, 0.05) is 5.56 Å². The number of benzene rings is 2. The quantitative estimate of drug-likeness (QED) is 0.897. The van der Waals surface area contributed by atoms with Crippen molar-refractivity contribution in [3.63, 3.8) is 0 Å². The van der Waals surface area contributed by atoms with E-state index in [1.165, 1.54) is 36.0 Å². The number of carbonyl (C=O) groups excluding carboxylic acids is 1. The third-order valence-electron chi connectivity index (χ3n) is 5.29. The molecule has 0 unspecified atom stereocenters. The lowest BCUT2D eigenvalue weighted by atomic mass is 9.88. The molecule has 0 bridgehead atoms. The molecule has 1 aliphatic heterocycles. The van der Waals surface area contributed by atoms with Crippen LogP contribution in [0.5, 0.6) is 11.5 Å². The Morgan fingerprint density at radius 2 is 1.77 bits per heavy atom. The molecule has 0 spiro atoms. The van der Waals surface area contributed by atoms with Crippen molar-refractivity contribution >= 4 is 5.91 Å². The normalized spacial score (nSPS) is 16.5. The monoisotopic (exact) mass is 351 g/mol. The largest absolute Gasteiger partial charge is 0.486 e. The number of rotatable bonds is 4. The Morgan fingerprint density at radius 3 is 2.58 bits per heavy atom. The van der Waals surface area contributed by atoms with Crippen LogP contribution in [0.4, 0.5) is 0 Å². The summed E-state index contributed by atoms with van der Waals surface area (Å²) in [5.41, 5.74) is 4.71. The van der Waals surface area contributed by atoms with E-state index in [0.717, 1.165) is 12.8 Å². The minimum Gasteiger partial charge on any atom is -0.486 e. The molecule has 1 atom stereocenters. The maximum absolute atomic E-state index is 12.8. The average molecular weight is 351 g/mol. The van der Waals surface area contributed by atoms with Crippen LogP contribution in [0.25, 0.3) is 0 Å². The zero-order valence-electron chi connectivity index (χ0n) is 15.2. The van der Waals surface area contributed by atoms with Crippen LogP contribution in [-0.2, 0) is 12.8 Å². The molecule has 0 aromatic heterocycles. The van der Waals surface area contributed by atoms with Crippen LogP contribution in [0.2, 0.25) is 0 Å². The smallest absolute Gasteiger partial charge is 0.251 e. The lowest BCUT2D eigenvalue weighted by Gasteiger charge is -2.22. The van der Waals surface area contributed by atoms with E-state index in [2.05, 4.69) is 30.4 Å². The highest BCUT2D eigenvalue weighted by atomic mass is 16.6. The molecule has 0 radical (unpaired) electrons. The van der Waals surface area contributed by atoms with Gasteiger partial charge in [-0.2, -0.15) is 0 Å². The van der Waals surface area contributed by atoms with Crippen molar-refractivity contribution in [3.8, 4) is 11.5 Å². The van der Waals surface area contributed by atoms with Crippen molar-refractivity contribution in [2.75, 3.05) is 13.2 Å². The van der Waals surface area contributed by atoms with Gasteiger partial charge in [-0.3, -0.25) is 4.79 Å². The van der Waals surface area contributed by atoms with Crippen molar-refractivity contribution in [2.45, 2.75) is 45.1 Å². The Balaban J connectivity index is 1.52. The van der Waals surface area contributed by atoms with Crippen LogP contribution in [0.1, 0.15) is 59.3 Å². The molecule has 0 saturated heterocycles. The maximum atomic E-state index is 12.8. The summed E-state index contributed by atoms with van der Waals surface area (Å²) in [6, 6.07) is 12.1. The summed E-state index contributed by atoms with van der Waals surface area (Å²) in [6.45, 7) is 3.17. The van der Waals surface area contributed by atoms with E-state index in [4.69, 9.17) is 9.47 Å². The lowest BCUT2D eigenvalue weighted by molar-refractivity contribution is 0.0934. The standard InChI is InChI=1S/C22H25NO3/c1-2-19(17-8-7-15-5-3-4-6-16(15)13-17)23-22(24)18-9-10-20-21(14-18)26-12-11-25-20/h7-10,13-14,19H,2-6,11-12H2,1H3,(H,23,24)/t19-/m1/s1. The lowest BCUT2D eigenvalue weighted by Crippen LogP contribution is -2.28. The average Bonchev–Trinajstić information content (AvgIpc) is 2.71. The molecule has 26 heavy (non-hydrogen) atoms. The SMILES string of the molecule is CC[C@@H](NC(=O)c1ccc2c(c1)OCCO2)c1ccc2c(c1)CCCC2. The fourth-order valence-corrected chi connectivity index (χ4v) is 3.82. The van der Waals surface area contributed by atoms with Crippen LogP contribution in [0, 0.1) is 0 Å². The number of amides is 1. The fraction of sp³-hybridized carbons (Fsp3) is 0.409. The van der Waals surface area contributed by atoms with Gasteiger partial charge in [0.25, 0.3) is 5.91 Å². The molecule has 0 saturated carbocycles. The Morgan fingerprint density at radius 1 is 1.00 bits per heavy atom. The Hall–Kier alpha value is -2.49. The third-order valence-corrected chi connectivity index (χ3v) is 5.29. The molecule has 2 aromatic rings. The Bertz CT molecular complexity index is 815. The topological polar surface area (TPSA) is 47.6 Å². The van der Waals surface area contributed by atoms with Crippen molar-refractivity contribution in [1.82, 2.24) is 5.32 Å². The molecular formula is C22H25NO3. The van der Waals surface area contributed by atoms with Gasteiger partial charge < -0.3 is 14.8 Å². The number of aryl methyl sites for hydroxylation is 2. The van der Waals surface area contributed by atoms with Crippen LogP contribution in [0.3, 0.4) is 0 Å². The van der Waals surface area contributed by atoms with Gasteiger partial charge in [0.1, 0.15) is 13.2 Å². The van der Waals surface area contributed by atoms with E-state index in [0.29, 0.717) is 30.3 Å². The fourth-order valence-electron chi connectivity index (χ4n) is 3.82. The van der Waals surface area contributed by atoms with Gasteiger partial charge in [-0.05, 0) is 67.0 Å². The number of hydrogen-bond acceptors (Lipinski definition) is 3. The Kier molecular flexibility index (Phi) is 4.83. The second kappa shape index (κ2) is 7.40. The van der Waals surface area contributed by atoms with Gasteiger partial charge in [0.2, 0.25) is 0 Å². The zero-order valence-corrected chi connectivity index (χ0v) is 15.2. The van der Waals surface area contributed by atoms with Crippen LogP contribution in [0.15, 0.2) is 36.4 Å². The van der Waals surface area contributed by atoms with E-state index in [9.17, 15) is 4.79 Å². The molecule has 1 aliphatic carbocycles. The molecule has 0 fully saturated rings. The van der Waals surface area contributed by atoms with Crippen molar-refractivity contribution in [1.29, 1.82) is 0 Å². The molecule has 4 nitrogen and oxygen atoms in total.